The molecule has 20 heavy (non-hydrogen) atoms. The van der Waals surface area contributed by atoms with Gasteiger partial charge in [-0.25, -0.2) is 9.18 Å². The summed E-state index contributed by atoms with van der Waals surface area (Å²) in [6.45, 7) is 2.41. The van der Waals surface area contributed by atoms with Gasteiger partial charge in [-0.2, -0.15) is 0 Å². The third-order valence-corrected chi connectivity index (χ3v) is 4.46. The highest BCUT2D eigenvalue weighted by molar-refractivity contribution is 14.1. The molecule has 0 aliphatic carbocycles. The number of aliphatic carboxylic acids is 1. The second kappa shape index (κ2) is 6.07. The number of carbonyl (C=O) groups is 2. The zero-order valence-electron chi connectivity index (χ0n) is 11.0. The predicted molar refractivity (Wildman–Crippen MR) is 80.0 cm³/mol. The molecule has 0 aromatic heterocycles. The standard InChI is InChI=1S/C14H15FINO3/c1-8-4-5-17(12(6-8)14(19)20)13(18)10-3-2-9(15)7-11(10)16/h2-3,7-8,12H,4-6H2,1H3,(H,19,20). The summed E-state index contributed by atoms with van der Waals surface area (Å²) in [6.07, 6.45) is 1.24. The number of carbonyl (C=O) groups excluding carboxylic acids is 1. The molecule has 1 N–H and O–H groups in total. The van der Waals surface area contributed by atoms with E-state index in [1.54, 1.807) is 0 Å². The number of hydrogen-bond acceptors (Lipinski definition) is 2. The SMILES string of the molecule is CC1CCN(C(=O)c2ccc(F)cc2I)C(C(=O)O)C1. The number of piperidine rings is 1. The van der Waals surface area contributed by atoms with Crippen molar-refractivity contribution < 1.29 is 19.1 Å². The van der Waals surface area contributed by atoms with Crippen molar-refractivity contribution in [3.05, 3.63) is 33.1 Å². The van der Waals surface area contributed by atoms with Gasteiger partial charge in [0, 0.05) is 10.1 Å². The second-order valence-electron chi connectivity index (χ2n) is 5.11. The fraction of sp³-hybridized carbons (Fsp3) is 0.429. The molecule has 2 unspecified atom stereocenters. The molecule has 0 saturated carbocycles. The van der Waals surface area contributed by atoms with Crippen LogP contribution in [0.5, 0.6) is 0 Å². The quantitative estimate of drug-likeness (QED) is 0.789. The number of halogens is 2. The van der Waals surface area contributed by atoms with E-state index in [0.717, 1.165) is 6.42 Å². The number of nitrogens with zero attached hydrogens (tertiary/aromatic N) is 1. The summed E-state index contributed by atoms with van der Waals surface area (Å²) in [7, 11) is 0. The monoisotopic (exact) mass is 391 g/mol. The molecule has 2 rings (SSSR count). The number of rotatable bonds is 2. The molecular formula is C14H15FINO3. The number of benzene rings is 1. The van der Waals surface area contributed by atoms with E-state index in [9.17, 15) is 19.1 Å². The van der Waals surface area contributed by atoms with Crippen molar-refractivity contribution in [1.29, 1.82) is 0 Å². The molecular weight excluding hydrogens is 376 g/mol. The van der Waals surface area contributed by atoms with Crippen molar-refractivity contribution in [2.75, 3.05) is 6.54 Å². The Labute approximate surface area is 130 Å². The summed E-state index contributed by atoms with van der Waals surface area (Å²) in [4.78, 5) is 25.2. The largest absolute Gasteiger partial charge is 0.480 e. The summed E-state index contributed by atoms with van der Waals surface area (Å²) in [5.74, 6) is -1.45. The summed E-state index contributed by atoms with van der Waals surface area (Å²) in [6, 6.07) is 3.11. The first-order valence-electron chi connectivity index (χ1n) is 6.39. The molecule has 1 aliphatic rings. The lowest BCUT2D eigenvalue weighted by Crippen LogP contribution is -2.49. The summed E-state index contributed by atoms with van der Waals surface area (Å²) in [5, 5.41) is 9.28. The first-order valence-corrected chi connectivity index (χ1v) is 7.47. The van der Waals surface area contributed by atoms with Crippen LogP contribution in [-0.4, -0.2) is 34.5 Å². The number of likely N-dealkylation sites (tertiary alicyclic amines) is 1. The van der Waals surface area contributed by atoms with E-state index in [2.05, 4.69) is 0 Å². The zero-order valence-corrected chi connectivity index (χ0v) is 13.1. The van der Waals surface area contributed by atoms with Crippen molar-refractivity contribution in [1.82, 2.24) is 4.90 Å². The van der Waals surface area contributed by atoms with Gasteiger partial charge < -0.3 is 10.0 Å². The van der Waals surface area contributed by atoms with E-state index in [1.165, 1.54) is 23.1 Å². The molecule has 1 fully saturated rings. The normalized spacial score (nSPS) is 22.6. The Morgan fingerprint density at radius 1 is 1.45 bits per heavy atom. The lowest BCUT2D eigenvalue weighted by molar-refractivity contribution is -0.144. The van der Waals surface area contributed by atoms with Gasteiger partial charge in [0.05, 0.1) is 5.56 Å². The highest BCUT2D eigenvalue weighted by atomic mass is 127. The first-order chi connectivity index (χ1) is 9.40. The number of carboxylic acids is 1. The maximum Gasteiger partial charge on any atom is 0.326 e. The molecule has 6 heteroatoms. The van der Waals surface area contributed by atoms with Crippen molar-refractivity contribution in [3.8, 4) is 0 Å². The molecule has 0 bridgehead atoms. The minimum atomic E-state index is -0.984. The van der Waals surface area contributed by atoms with Crippen LogP contribution in [0.4, 0.5) is 4.39 Å². The Bertz CT molecular complexity index is 549. The van der Waals surface area contributed by atoms with E-state index in [0.29, 0.717) is 22.1 Å². The minimum absolute atomic E-state index is 0.285. The third kappa shape index (κ3) is 3.11. The number of hydrogen-bond donors (Lipinski definition) is 1. The average Bonchev–Trinajstić information content (AvgIpc) is 2.37. The lowest BCUT2D eigenvalue weighted by Gasteiger charge is -2.36. The third-order valence-electron chi connectivity index (χ3n) is 3.57. The Morgan fingerprint density at radius 2 is 2.15 bits per heavy atom. The molecule has 2 atom stereocenters. The second-order valence-corrected chi connectivity index (χ2v) is 6.27. The van der Waals surface area contributed by atoms with Crippen LogP contribution in [0, 0.1) is 15.3 Å². The maximum atomic E-state index is 13.1. The first kappa shape index (κ1) is 15.2. The summed E-state index contributed by atoms with van der Waals surface area (Å²) >= 11 is 1.89. The van der Waals surface area contributed by atoms with Crippen LogP contribution >= 0.6 is 22.6 Å². The highest BCUT2D eigenvalue weighted by Crippen LogP contribution is 2.26. The Kier molecular flexibility index (Phi) is 4.62. The molecule has 1 aliphatic heterocycles. The van der Waals surface area contributed by atoms with Gasteiger partial charge in [-0.15, -0.1) is 0 Å². The number of carboxylic acid groups (broad SMARTS) is 1. The molecule has 1 saturated heterocycles. The van der Waals surface area contributed by atoms with Crippen LogP contribution in [0.15, 0.2) is 18.2 Å². The molecule has 0 radical (unpaired) electrons. The van der Waals surface area contributed by atoms with Crippen molar-refractivity contribution >= 4 is 34.5 Å². The molecule has 108 valence electrons. The van der Waals surface area contributed by atoms with Gasteiger partial charge in [-0.1, -0.05) is 6.92 Å². The zero-order chi connectivity index (χ0) is 14.9. The average molecular weight is 391 g/mol. The van der Waals surface area contributed by atoms with E-state index in [1.807, 2.05) is 29.5 Å². The topological polar surface area (TPSA) is 57.6 Å². The smallest absolute Gasteiger partial charge is 0.326 e. The number of amides is 1. The van der Waals surface area contributed by atoms with Crippen LogP contribution < -0.4 is 0 Å². The van der Waals surface area contributed by atoms with E-state index >= 15 is 0 Å². The molecule has 0 spiro atoms. The van der Waals surface area contributed by atoms with Crippen LogP contribution in [0.1, 0.15) is 30.1 Å². The van der Waals surface area contributed by atoms with Crippen molar-refractivity contribution in [3.63, 3.8) is 0 Å². The van der Waals surface area contributed by atoms with Crippen LogP contribution in [-0.2, 0) is 4.79 Å². The Hall–Kier alpha value is -1.18. The van der Waals surface area contributed by atoms with Crippen LogP contribution in [0.2, 0.25) is 0 Å². The van der Waals surface area contributed by atoms with Crippen LogP contribution in [0.25, 0.3) is 0 Å². The van der Waals surface area contributed by atoms with E-state index in [4.69, 9.17) is 0 Å². The minimum Gasteiger partial charge on any atom is -0.480 e. The molecule has 1 heterocycles. The van der Waals surface area contributed by atoms with Gasteiger partial charge >= 0.3 is 5.97 Å². The van der Waals surface area contributed by atoms with Crippen molar-refractivity contribution in [2.24, 2.45) is 5.92 Å². The van der Waals surface area contributed by atoms with E-state index in [-0.39, 0.29) is 11.8 Å². The van der Waals surface area contributed by atoms with Crippen LogP contribution in [0.3, 0.4) is 0 Å². The molecule has 4 nitrogen and oxygen atoms in total. The highest BCUT2D eigenvalue weighted by Gasteiger charge is 2.35. The van der Waals surface area contributed by atoms with Gasteiger partial charge in [0.15, 0.2) is 0 Å². The Balaban J connectivity index is 2.28. The van der Waals surface area contributed by atoms with Gasteiger partial charge in [0.1, 0.15) is 11.9 Å². The van der Waals surface area contributed by atoms with Crippen molar-refractivity contribution in [2.45, 2.75) is 25.8 Å². The summed E-state index contributed by atoms with van der Waals surface area (Å²) in [5.41, 5.74) is 0.354. The molecule has 1 aromatic carbocycles. The van der Waals surface area contributed by atoms with Gasteiger partial charge in [0.2, 0.25) is 0 Å². The fourth-order valence-electron chi connectivity index (χ4n) is 2.44. The fourth-order valence-corrected chi connectivity index (χ4v) is 3.14. The lowest BCUT2D eigenvalue weighted by atomic mass is 9.92. The Morgan fingerprint density at radius 3 is 2.75 bits per heavy atom. The maximum absolute atomic E-state index is 13.1. The van der Waals surface area contributed by atoms with Gasteiger partial charge in [0.25, 0.3) is 5.91 Å². The summed E-state index contributed by atoms with van der Waals surface area (Å²) < 4.78 is 13.6. The molecule has 1 amide bonds. The molecule has 1 aromatic rings. The predicted octanol–water partition coefficient (Wildman–Crippen LogP) is 2.76. The van der Waals surface area contributed by atoms with Gasteiger partial charge in [-0.05, 0) is 59.5 Å². The van der Waals surface area contributed by atoms with E-state index < -0.39 is 17.8 Å². The van der Waals surface area contributed by atoms with Gasteiger partial charge in [-0.3, -0.25) is 4.79 Å².